The molecular weight excluding hydrogens is 412 g/mol. The molecule has 3 fully saturated rings. The van der Waals surface area contributed by atoms with Gasteiger partial charge in [-0.3, -0.25) is 0 Å². The minimum Gasteiger partial charge on any atom is -0.396 e. The number of hydrogen-bond donors (Lipinski definition) is 4. The molecule has 0 aromatic heterocycles. The van der Waals surface area contributed by atoms with Crippen molar-refractivity contribution >= 4 is 0 Å². The van der Waals surface area contributed by atoms with E-state index < -0.39 is 11.2 Å². The highest BCUT2D eigenvalue weighted by molar-refractivity contribution is 5.33. The Hall–Kier alpha value is -0.680. The van der Waals surface area contributed by atoms with Crippen molar-refractivity contribution in [2.75, 3.05) is 6.61 Å². The molecule has 190 valence electrons. The summed E-state index contributed by atoms with van der Waals surface area (Å²) in [6.07, 6.45) is 16.6. The first-order valence-corrected chi connectivity index (χ1v) is 13.6. The lowest BCUT2D eigenvalue weighted by Gasteiger charge is -2.50. The van der Waals surface area contributed by atoms with Gasteiger partial charge in [-0.2, -0.15) is 0 Å². The third-order valence-electron chi connectivity index (χ3n) is 9.49. The SMILES string of the molecule is C[C@H](CCCC(C)(C)O)[C@H]1CC[C@@]2(O)/C(=C/C=C3/CC[C@H](CCCO)[C@H](O)C3)CCC[C@]12C. The Morgan fingerprint density at radius 2 is 1.88 bits per heavy atom. The number of allylic oxidation sites excluding steroid dienone is 2. The fraction of sp³-hybridized carbons (Fsp3) is 0.862. The van der Waals surface area contributed by atoms with E-state index in [1.807, 2.05) is 13.8 Å². The first-order chi connectivity index (χ1) is 15.5. The third-order valence-corrected chi connectivity index (χ3v) is 9.49. The van der Waals surface area contributed by atoms with Crippen molar-refractivity contribution < 1.29 is 20.4 Å². The maximum Gasteiger partial charge on any atom is 0.0915 e. The van der Waals surface area contributed by atoms with Crippen LogP contribution in [0.1, 0.15) is 111 Å². The molecule has 6 atom stereocenters. The van der Waals surface area contributed by atoms with E-state index in [1.165, 1.54) is 11.1 Å². The number of hydrogen-bond acceptors (Lipinski definition) is 4. The zero-order valence-corrected chi connectivity index (χ0v) is 21.7. The predicted molar refractivity (Wildman–Crippen MR) is 135 cm³/mol. The van der Waals surface area contributed by atoms with Crippen LogP contribution >= 0.6 is 0 Å². The summed E-state index contributed by atoms with van der Waals surface area (Å²) in [6, 6.07) is 0. The topological polar surface area (TPSA) is 80.9 Å². The molecular formula is C29H50O4. The van der Waals surface area contributed by atoms with Gasteiger partial charge < -0.3 is 20.4 Å². The van der Waals surface area contributed by atoms with Crippen LogP contribution in [-0.4, -0.2) is 44.3 Å². The van der Waals surface area contributed by atoms with E-state index in [2.05, 4.69) is 26.0 Å². The van der Waals surface area contributed by atoms with Crippen LogP contribution in [0.3, 0.4) is 0 Å². The molecule has 3 rings (SSSR count). The van der Waals surface area contributed by atoms with Crippen LogP contribution in [0, 0.1) is 23.2 Å². The molecule has 0 radical (unpaired) electrons. The van der Waals surface area contributed by atoms with Crippen LogP contribution in [0.5, 0.6) is 0 Å². The highest BCUT2D eigenvalue weighted by atomic mass is 16.3. The number of aliphatic hydroxyl groups excluding tert-OH is 2. The van der Waals surface area contributed by atoms with Gasteiger partial charge in [0.1, 0.15) is 0 Å². The van der Waals surface area contributed by atoms with Crippen LogP contribution in [0.4, 0.5) is 0 Å². The van der Waals surface area contributed by atoms with Crippen LogP contribution in [0.25, 0.3) is 0 Å². The van der Waals surface area contributed by atoms with Gasteiger partial charge in [-0.25, -0.2) is 0 Å². The second-order valence-electron chi connectivity index (χ2n) is 12.4. The largest absolute Gasteiger partial charge is 0.396 e. The highest BCUT2D eigenvalue weighted by Crippen LogP contribution is 2.62. The molecule has 0 spiro atoms. The zero-order valence-electron chi connectivity index (χ0n) is 21.7. The lowest BCUT2D eigenvalue weighted by atomic mass is 9.58. The van der Waals surface area contributed by atoms with Gasteiger partial charge >= 0.3 is 0 Å². The van der Waals surface area contributed by atoms with Crippen molar-refractivity contribution in [1.29, 1.82) is 0 Å². The normalized spacial score (nSPS) is 38.6. The Morgan fingerprint density at radius 1 is 1.12 bits per heavy atom. The molecule has 0 heterocycles. The third kappa shape index (κ3) is 6.12. The smallest absolute Gasteiger partial charge is 0.0915 e. The van der Waals surface area contributed by atoms with Crippen molar-refractivity contribution in [2.24, 2.45) is 23.2 Å². The number of rotatable bonds is 9. The quantitative estimate of drug-likeness (QED) is 0.355. The monoisotopic (exact) mass is 462 g/mol. The summed E-state index contributed by atoms with van der Waals surface area (Å²) in [5.74, 6) is 1.37. The molecule has 0 bridgehead atoms. The first-order valence-electron chi connectivity index (χ1n) is 13.6. The summed E-state index contributed by atoms with van der Waals surface area (Å²) >= 11 is 0. The second kappa shape index (κ2) is 10.9. The highest BCUT2D eigenvalue weighted by Gasteiger charge is 2.59. The molecule has 0 aromatic carbocycles. The van der Waals surface area contributed by atoms with Gasteiger partial charge in [0.2, 0.25) is 0 Å². The predicted octanol–water partition coefficient (Wildman–Crippen LogP) is 5.68. The van der Waals surface area contributed by atoms with Crippen molar-refractivity contribution in [3.05, 3.63) is 23.3 Å². The fourth-order valence-corrected chi connectivity index (χ4v) is 7.40. The molecule has 33 heavy (non-hydrogen) atoms. The standard InChI is InChI=1S/C29H50O4/c1-21(8-5-16-27(2,3)32)25-15-18-29(33)24(10-6-17-28(25,29)4)14-12-22-11-13-23(9-7-19-30)26(31)20-22/h12,14,21,23,25-26,30-33H,5-11,13,15-20H2,1-4H3/b22-12-,24-14+/t21-,23+,25-,26-,28-,29-/m1/s1. The molecule has 0 amide bonds. The first kappa shape index (κ1) is 26.9. The second-order valence-corrected chi connectivity index (χ2v) is 12.4. The minimum atomic E-state index is -0.714. The summed E-state index contributed by atoms with van der Waals surface area (Å²) in [5.41, 5.74) is 1.10. The summed E-state index contributed by atoms with van der Waals surface area (Å²) in [4.78, 5) is 0. The molecule has 0 saturated heterocycles. The van der Waals surface area contributed by atoms with Gasteiger partial charge in [0, 0.05) is 12.0 Å². The average Bonchev–Trinajstić information content (AvgIpc) is 3.02. The Balaban J connectivity index is 1.67. The molecule has 3 saturated carbocycles. The van der Waals surface area contributed by atoms with Gasteiger partial charge in [-0.05, 0) is 108 Å². The maximum atomic E-state index is 12.0. The molecule has 4 heteroatoms. The Bertz CT molecular complexity index is 705. The maximum absolute atomic E-state index is 12.0. The molecule has 0 unspecified atom stereocenters. The molecule has 0 aromatic rings. The lowest BCUT2D eigenvalue weighted by Crippen LogP contribution is -2.50. The van der Waals surface area contributed by atoms with Crippen LogP contribution in [0.15, 0.2) is 23.3 Å². The fourth-order valence-electron chi connectivity index (χ4n) is 7.40. The van der Waals surface area contributed by atoms with Crippen LogP contribution < -0.4 is 0 Å². The Morgan fingerprint density at radius 3 is 2.55 bits per heavy atom. The van der Waals surface area contributed by atoms with E-state index in [9.17, 15) is 15.3 Å². The van der Waals surface area contributed by atoms with Crippen molar-refractivity contribution in [3.63, 3.8) is 0 Å². The van der Waals surface area contributed by atoms with Crippen LogP contribution in [-0.2, 0) is 0 Å². The summed E-state index contributed by atoms with van der Waals surface area (Å²) < 4.78 is 0. The average molecular weight is 463 g/mol. The van der Waals surface area contributed by atoms with Gasteiger partial charge in [-0.15, -0.1) is 0 Å². The van der Waals surface area contributed by atoms with E-state index in [0.717, 1.165) is 83.5 Å². The molecule has 3 aliphatic rings. The van der Waals surface area contributed by atoms with Crippen molar-refractivity contribution in [3.8, 4) is 0 Å². The van der Waals surface area contributed by atoms with E-state index in [1.54, 1.807) is 0 Å². The summed E-state index contributed by atoms with van der Waals surface area (Å²) in [7, 11) is 0. The van der Waals surface area contributed by atoms with Gasteiger partial charge in [-0.1, -0.05) is 44.4 Å². The molecule has 3 aliphatic carbocycles. The Labute approximate surface area is 202 Å². The minimum absolute atomic E-state index is 0.0782. The summed E-state index contributed by atoms with van der Waals surface area (Å²) in [5, 5.41) is 41.7. The van der Waals surface area contributed by atoms with Gasteiger partial charge in [0.05, 0.1) is 17.3 Å². The van der Waals surface area contributed by atoms with E-state index in [-0.39, 0.29) is 18.1 Å². The number of aliphatic hydroxyl groups is 4. The number of fused-ring (bicyclic) bond motifs is 1. The van der Waals surface area contributed by atoms with E-state index in [4.69, 9.17) is 5.11 Å². The Kier molecular flexibility index (Phi) is 8.92. The van der Waals surface area contributed by atoms with Crippen LogP contribution in [0.2, 0.25) is 0 Å². The lowest BCUT2D eigenvalue weighted by molar-refractivity contribution is -0.0700. The van der Waals surface area contributed by atoms with Crippen molar-refractivity contribution in [2.45, 2.75) is 128 Å². The van der Waals surface area contributed by atoms with Crippen molar-refractivity contribution in [1.82, 2.24) is 0 Å². The van der Waals surface area contributed by atoms with Gasteiger partial charge in [0.25, 0.3) is 0 Å². The molecule has 4 nitrogen and oxygen atoms in total. The molecule has 4 N–H and O–H groups in total. The van der Waals surface area contributed by atoms with E-state index >= 15 is 0 Å². The zero-order chi connectivity index (χ0) is 24.3. The summed E-state index contributed by atoms with van der Waals surface area (Å²) in [6.45, 7) is 8.66. The van der Waals surface area contributed by atoms with E-state index in [0.29, 0.717) is 17.8 Å². The van der Waals surface area contributed by atoms with Gasteiger partial charge in [0.15, 0.2) is 0 Å². The molecule has 0 aliphatic heterocycles.